The molecule has 6 heteroatoms. The molecule has 1 aliphatic heterocycles. The molecule has 3 rings (SSSR count). The first-order valence-electron chi connectivity index (χ1n) is 9.13. The number of carbonyl (C=O) groups is 2. The number of hydrogen-bond acceptors (Lipinski definition) is 3. The predicted molar refractivity (Wildman–Crippen MR) is 109 cm³/mol. The number of rotatable bonds is 6. The molecule has 2 amide bonds. The average molecular weight is 388 g/mol. The van der Waals surface area contributed by atoms with E-state index in [0.29, 0.717) is 12.0 Å². The minimum Gasteiger partial charge on any atom is -0.351 e. The van der Waals surface area contributed by atoms with Crippen LogP contribution in [0.3, 0.4) is 0 Å². The van der Waals surface area contributed by atoms with Gasteiger partial charge < -0.3 is 16.0 Å². The van der Waals surface area contributed by atoms with Gasteiger partial charge >= 0.3 is 0 Å². The summed E-state index contributed by atoms with van der Waals surface area (Å²) in [6.07, 6.45) is 2.29. The van der Waals surface area contributed by atoms with Gasteiger partial charge in [-0.2, -0.15) is 0 Å². The Morgan fingerprint density at radius 1 is 0.963 bits per heavy atom. The zero-order chi connectivity index (χ0) is 18.2. The molecule has 1 saturated heterocycles. The Morgan fingerprint density at radius 2 is 1.56 bits per heavy atom. The van der Waals surface area contributed by atoms with Crippen molar-refractivity contribution >= 4 is 24.2 Å². The van der Waals surface area contributed by atoms with E-state index in [4.69, 9.17) is 0 Å². The van der Waals surface area contributed by atoms with Crippen LogP contribution in [0.4, 0.5) is 0 Å². The first-order chi connectivity index (χ1) is 12.7. The van der Waals surface area contributed by atoms with Crippen LogP contribution in [0.2, 0.25) is 0 Å². The molecule has 27 heavy (non-hydrogen) atoms. The van der Waals surface area contributed by atoms with Crippen molar-refractivity contribution in [2.24, 2.45) is 0 Å². The van der Waals surface area contributed by atoms with Crippen molar-refractivity contribution in [3.05, 3.63) is 71.8 Å². The van der Waals surface area contributed by atoms with Crippen LogP contribution >= 0.6 is 12.4 Å². The van der Waals surface area contributed by atoms with Crippen molar-refractivity contribution < 1.29 is 9.59 Å². The fraction of sp³-hybridized carbons (Fsp3) is 0.333. The molecule has 5 nitrogen and oxygen atoms in total. The summed E-state index contributed by atoms with van der Waals surface area (Å²) in [6, 6.07) is 18.3. The number of benzene rings is 2. The first kappa shape index (κ1) is 20.9. The van der Waals surface area contributed by atoms with Crippen LogP contribution in [0.5, 0.6) is 0 Å². The number of hydrogen-bond donors (Lipinski definition) is 3. The van der Waals surface area contributed by atoms with E-state index < -0.39 is 6.04 Å². The van der Waals surface area contributed by atoms with Gasteiger partial charge in [-0.15, -0.1) is 12.4 Å². The highest BCUT2D eigenvalue weighted by atomic mass is 35.5. The molecule has 1 aliphatic rings. The summed E-state index contributed by atoms with van der Waals surface area (Å²) >= 11 is 0. The van der Waals surface area contributed by atoms with E-state index in [-0.39, 0.29) is 30.3 Å². The van der Waals surface area contributed by atoms with Gasteiger partial charge in [0.25, 0.3) is 5.91 Å². The van der Waals surface area contributed by atoms with Crippen LogP contribution < -0.4 is 16.0 Å². The molecular weight excluding hydrogens is 362 g/mol. The average Bonchev–Trinajstić information content (AvgIpc) is 2.69. The van der Waals surface area contributed by atoms with Crippen molar-refractivity contribution in [1.82, 2.24) is 16.0 Å². The second-order valence-electron chi connectivity index (χ2n) is 6.61. The normalized spacial score (nSPS) is 15.3. The Hall–Kier alpha value is -2.37. The topological polar surface area (TPSA) is 70.2 Å². The van der Waals surface area contributed by atoms with E-state index in [9.17, 15) is 9.59 Å². The molecule has 1 unspecified atom stereocenters. The van der Waals surface area contributed by atoms with Crippen molar-refractivity contribution in [1.29, 1.82) is 0 Å². The zero-order valence-corrected chi connectivity index (χ0v) is 16.0. The molecule has 0 aliphatic carbocycles. The molecule has 0 radical (unpaired) electrons. The third-order valence-electron chi connectivity index (χ3n) is 4.63. The van der Waals surface area contributed by atoms with Gasteiger partial charge in [0.2, 0.25) is 5.91 Å². The van der Waals surface area contributed by atoms with E-state index >= 15 is 0 Å². The summed E-state index contributed by atoms with van der Waals surface area (Å²) in [6.45, 7) is 1.81. The highest BCUT2D eigenvalue weighted by molar-refractivity contribution is 5.97. The molecule has 1 atom stereocenters. The quantitative estimate of drug-likeness (QED) is 0.712. The lowest BCUT2D eigenvalue weighted by atomic mass is 10.0. The molecule has 0 bridgehead atoms. The van der Waals surface area contributed by atoms with Crippen molar-refractivity contribution in [3.63, 3.8) is 0 Å². The van der Waals surface area contributed by atoms with Crippen molar-refractivity contribution in [2.75, 3.05) is 13.1 Å². The van der Waals surface area contributed by atoms with Crippen molar-refractivity contribution in [3.8, 4) is 0 Å². The van der Waals surface area contributed by atoms with Gasteiger partial charge in [-0.25, -0.2) is 0 Å². The van der Waals surface area contributed by atoms with Crippen LogP contribution in [-0.2, 0) is 11.2 Å². The summed E-state index contributed by atoms with van der Waals surface area (Å²) in [5.41, 5.74) is 1.58. The lowest BCUT2D eigenvalue weighted by molar-refractivity contribution is -0.123. The Labute approximate surface area is 166 Å². The number of halogens is 1. The van der Waals surface area contributed by atoms with Gasteiger partial charge in [0.1, 0.15) is 6.04 Å². The Balaban J connectivity index is 0.00000261. The maximum Gasteiger partial charge on any atom is 0.251 e. The molecule has 3 N–H and O–H groups in total. The second-order valence-corrected chi connectivity index (χ2v) is 6.61. The lowest BCUT2D eigenvalue weighted by Gasteiger charge is -2.26. The summed E-state index contributed by atoms with van der Waals surface area (Å²) in [5.74, 6) is -0.350. The molecule has 0 spiro atoms. The van der Waals surface area contributed by atoms with Crippen LogP contribution in [-0.4, -0.2) is 37.0 Å². The maximum absolute atomic E-state index is 12.8. The lowest BCUT2D eigenvalue weighted by Crippen LogP contribution is -2.52. The Kier molecular flexibility index (Phi) is 8.30. The van der Waals surface area contributed by atoms with Gasteiger partial charge in [-0.3, -0.25) is 9.59 Å². The minimum absolute atomic E-state index is 0. The minimum atomic E-state index is -0.597. The molecular formula is C21H26ClN3O2. The summed E-state index contributed by atoms with van der Waals surface area (Å²) in [4.78, 5) is 25.4. The SMILES string of the molecule is Cl.O=C(NC(Cc1ccccc1)C(=O)NC1CCNCC1)c1ccccc1. The highest BCUT2D eigenvalue weighted by Crippen LogP contribution is 2.08. The second kappa shape index (κ2) is 10.7. The van der Waals surface area contributed by atoms with E-state index in [1.165, 1.54) is 0 Å². The number of carbonyl (C=O) groups excluding carboxylic acids is 2. The van der Waals surface area contributed by atoms with Crippen LogP contribution in [0.1, 0.15) is 28.8 Å². The highest BCUT2D eigenvalue weighted by Gasteiger charge is 2.24. The standard InChI is InChI=1S/C21H25N3O2.ClH/c25-20(17-9-5-2-6-10-17)24-19(15-16-7-3-1-4-8-16)21(26)23-18-11-13-22-14-12-18;/h1-10,18-19,22H,11-15H2,(H,23,26)(H,24,25);1H. The zero-order valence-electron chi connectivity index (χ0n) is 15.2. The molecule has 144 valence electrons. The summed E-state index contributed by atoms with van der Waals surface area (Å²) < 4.78 is 0. The van der Waals surface area contributed by atoms with E-state index in [2.05, 4.69) is 16.0 Å². The predicted octanol–water partition coefficient (Wildman–Crippen LogP) is 2.32. The molecule has 1 fully saturated rings. The maximum atomic E-state index is 12.8. The molecule has 0 saturated carbocycles. The third kappa shape index (κ3) is 6.38. The number of amides is 2. The van der Waals surface area contributed by atoms with Crippen LogP contribution in [0.25, 0.3) is 0 Å². The van der Waals surface area contributed by atoms with Gasteiger partial charge in [0, 0.05) is 18.0 Å². The van der Waals surface area contributed by atoms with E-state index in [1.807, 2.05) is 48.5 Å². The summed E-state index contributed by atoms with van der Waals surface area (Å²) in [5, 5.41) is 9.30. The molecule has 2 aromatic rings. The fourth-order valence-electron chi connectivity index (χ4n) is 3.16. The van der Waals surface area contributed by atoms with E-state index in [1.54, 1.807) is 12.1 Å². The van der Waals surface area contributed by atoms with Crippen LogP contribution in [0, 0.1) is 0 Å². The van der Waals surface area contributed by atoms with Gasteiger partial charge in [0.05, 0.1) is 0 Å². The van der Waals surface area contributed by atoms with Gasteiger partial charge in [-0.1, -0.05) is 48.5 Å². The van der Waals surface area contributed by atoms with Crippen LogP contribution in [0.15, 0.2) is 60.7 Å². The third-order valence-corrected chi connectivity index (χ3v) is 4.63. The largest absolute Gasteiger partial charge is 0.351 e. The molecule has 0 aromatic heterocycles. The number of piperidine rings is 1. The number of nitrogens with one attached hydrogen (secondary N) is 3. The summed E-state index contributed by atoms with van der Waals surface area (Å²) in [7, 11) is 0. The monoisotopic (exact) mass is 387 g/mol. The first-order valence-corrected chi connectivity index (χ1v) is 9.13. The van der Waals surface area contributed by atoms with Gasteiger partial charge in [0.15, 0.2) is 0 Å². The molecule has 1 heterocycles. The van der Waals surface area contributed by atoms with Gasteiger partial charge in [-0.05, 0) is 43.6 Å². The Morgan fingerprint density at radius 3 is 2.19 bits per heavy atom. The van der Waals surface area contributed by atoms with E-state index in [0.717, 1.165) is 31.5 Å². The van der Waals surface area contributed by atoms with Crippen molar-refractivity contribution in [2.45, 2.75) is 31.3 Å². The molecule has 2 aromatic carbocycles. The fourth-order valence-corrected chi connectivity index (χ4v) is 3.16. The Bertz CT molecular complexity index is 719. The smallest absolute Gasteiger partial charge is 0.251 e.